The number of rotatable bonds is 5. The third-order valence-electron chi connectivity index (χ3n) is 2.76. The number of nitrogens with two attached hydrogens (primary N) is 1. The van der Waals surface area contributed by atoms with Crippen LogP contribution in [0.4, 0.5) is 0 Å². The minimum absolute atomic E-state index is 0.124. The molecular formula is C14H19N3O. The molecule has 0 fully saturated rings. The Balaban J connectivity index is 2.54. The van der Waals surface area contributed by atoms with Crippen LogP contribution in [0.15, 0.2) is 30.3 Å². The lowest BCUT2D eigenvalue weighted by Gasteiger charge is -2.22. The first kappa shape index (κ1) is 14.2. The maximum Gasteiger partial charge on any atom is 0.239 e. The molecule has 0 aliphatic carbocycles. The van der Waals surface area contributed by atoms with E-state index in [1.54, 1.807) is 14.0 Å². The van der Waals surface area contributed by atoms with E-state index in [0.717, 1.165) is 5.56 Å². The van der Waals surface area contributed by atoms with Crippen LogP contribution >= 0.6 is 0 Å². The Kier molecular flexibility index (Phi) is 5.34. The van der Waals surface area contributed by atoms with E-state index in [0.29, 0.717) is 13.0 Å². The molecular weight excluding hydrogens is 226 g/mol. The van der Waals surface area contributed by atoms with Crippen LogP contribution in [-0.2, 0) is 11.2 Å². The van der Waals surface area contributed by atoms with Crippen molar-refractivity contribution in [3.8, 4) is 6.07 Å². The maximum absolute atomic E-state index is 12.0. The summed E-state index contributed by atoms with van der Waals surface area (Å²) in [5.74, 6) is -0.302. The summed E-state index contributed by atoms with van der Waals surface area (Å²) in [6, 6.07) is 11.2. The molecule has 1 amide bonds. The topological polar surface area (TPSA) is 70.1 Å². The van der Waals surface area contributed by atoms with Gasteiger partial charge in [0.25, 0.3) is 0 Å². The van der Waals surface area contributed by atoms with Crippen molar-refractivity contribution in [2.75, 3.05) is 13.6 Å². The Labute approximate surface area is 108 Å². The first-order chi connectivity index (χ1) is 8.54. The van der Waals surface area contributed by atoms with E-state index >= 15 is 0 Å². The molecule has 0 aliphatic rings. The zero-order valence-corrected chi connectivity index (χ0v) is 10.8. The number of likely N-dealkylation sites (N-methyl/N-ethyl adjacent to an activating group) is 1. The van der Waals surface area contributed by atoms with Crippen molar-refractivity contribution in [3.05, 3.63) is 35.9 Å². The largest absolute Gasteiger partial charge is 0.343 e. The molecule has 1 aromatic rings. The van der Waals surface area contributed by atoms with Crippen molar-refractivity contribution >= 4 is 5.91 Å². The number of hydrogen-bond donors (Lipinski definition) is 1. The molecule has 18 heavy (non-hydrogen) atoms. The second-order valence-electron chi connectivity index (χ2n) is 4.55. The average molecular weight is 245 g/mol. The fraction of sp³-hybridized carbons (Fsp3) is 0.429. The third kappa shape index (κ3) is 4.19. The molecule has 0 bridgehead atoms. The van der Waals surface area contributed by atoms with Gasteiger partial charge in [-0.05, 0) is 18.9 Å². The van der Waals surface area contributed by atoms with Crippen molar-refractivity contribution in [1.29, 1.82) is 5.26 Å². The van der Waals surface area contributed by atoms with E-state index in [-0.39, 0.29) is 11.8 Å². The van der Waals surface area contributed by atoms with Gasteiger partial charge in [0.1, 0.15) is 0 Å². The van der Waals surface area contributed by atoms with Gasteiger partial charge in [-0.2, -0.15) is 5.26 Å². The van der Waals surface area contributed by atoms with Crippen molar-refractivity contribution in [1.82, 2.24) is 4.90 Å². The number of carbonyl (C=O) groups is 1. The summed E-state index contributed by atoms with van der Waals surface area (Å²) in [6.45, 7) is 2.20. The molecule has 2 atom stereocenters. The predicted octanol–water partition coefficient (Wildman–Crippen LogP) is 1.17. The Bertz CT molecular complexity index is 424. The first-order valence-electron chi connectivity index (χ1n) is 5.98. The lowest BCUT2D eigenvalue weighted by molar-refractivity contribution is -0.131. The summed E-state index contributed by atoms with van der Waals surface area (Å²) >= 11 is 0. The van der Waals surface area contributed by atoms with Crippen LogP contribution in [0, 0.1) is 17.2 Å². The van der Waals surface area contributed by atoms with E-state index in [1.807, 2.05) is 30.3 Å². The van der Waals surface area contributed by atoms with E-state index < -0.39 is 6.04 Å². The van der Waals surface area contributed by atoms with Gasteiger partial charge in [-0.3, -0.25) is 4.79 Å². The number of hydrogen-bond acceptors (Lipinski definition) is 3. The van der Waals surface area contributed by atoms with Crippen molar-refractivity contribution in [3.63, 3.8) is 0 Å². The number of amides is 1. The molecule has 0 aromatic heterocycles. The number of nitriles is 1. The molecule has 4 heteroatoms. The molecule has 0 aliphatic heterocycles. The number of benzene rings is 1. The van der Waals surface area contributed by atoms with Crippen molar-refractivity contribution < 1.29 is 4.79 Å². The second-order valence-corrected chi connectivity index (χ2v) is 4.55. The van der Waals surface area contributed by atoms with Gasteiger partial charge in [-0.1, -0.05) is 30.3 Å². The molecule has 0 spiro atoms. The van der Waals surface area contributed by atoms with Crippen LogP contribution in [0.3, 0.4) is 0 Å². The summed E-state index contributed by atoms with van der Waals surface area (Å²) in [4.78, 5) is 13.5. The van der Waals surface area contributed by atoms with Crippen LogP contribution in [0.1, 0.15) is 12.5 Å². The standard InChI is InChI=1S/C14H19N3O/c1-11(9-15)10-17(2)14(18)13(16)8-12-6-4-3-5-7-12/h3-7,11,13H,8,10,16H2,1-2H3. The van der Waals surface area contributed by atoms with Crippen molar-refractivity contribution in [2.24, 2.45) is 11.7 Å². The summed E-state index contributed by atoms with van der Waals surface area (Å²) in [5.41, 5.74) is 6.93. The molecule has 0 saturated heterocycles. The van der Waals surface area contributed by atoms with Crippen LogP contribution < -0.4 is 5.73 Å². The highest BCUT2D eigenvalue weighted by Crippen LogP contribution is 2.05. The lowest BCUT2D eigenvalue weighted by Crippen LogP contribution is -2.44. The fourth-order valence-electron chi connectivity index (χ4n) is 1.78. The molecule has 4 nitrogen and oxygen atoms in total. The van der Waals surface area contributed by atoms with Gasteiger partial charge in [0.05, 0.1) is 18.0 Å². The Hall–Kier alpha value is -1.86. The van der Waals surface area contributed by atoms with E-state index in [4.69, 9.17) is 11.0 Å². The van der Waals surface area contributed by atoms with Gasteiger partial charge in [0.15, 0.2) is 0 Å². The van der Waals surface area contributed by atoms with Crippen LogP contribution in [0.2, 0.25) is 0 Å². The highest BCUT2D eigenvalue weighted by atomic mass is 16.2. The maximum atomic E-state index is 12.0. The summed E-state index contributed by atoms with van der Waals surface area (Å²) in [5, 5.41) is 8.72. The number of nitrogens with zero attached hydrogens (tertiary/aromatic N) is 2. The minimum Gasteiger partial charge on any atom is -0.343 e. The zero-order valence-electron chi connectivity index (χ0n) is 10.8. The molecule has 2 N–H and O–H groups in total. The lowest BCUT2D eigenvalue weighted by atomic mass is 10.1. The summed E-state index contributed by atoms with van der Waals surface area (Å²) in [6.07, 6.45) is 0.519. The van der Waals surface area contributed by atoms with Gasteiger partial charge in [-0.25, -0.2) is 0 Å². The van der Waals surface area contributed by atoms with Gasteiger partial charge in [0.2, 0.25) is 5.91 Å². The zero-order chi connectivity index (χ0) is 13.5. The SMILES string of the molecule is CC(C#N)CN(C)C(=O)C(N)Cc1ccccc1. The highest BCUT2D eigenvalue weighted by Gasteiger charge is 2.19. The van der Waals surface area contributed by atoms with Gasteiger partial charge < -0.3 is 10.6 Å². The smallest absolute Gasteiger partial charge is 0.239 e. The second kappa shape index (κ2) is 6.77. The predicted molar refractivity (Wildman–Crippen MR) is 70.5 cm³/mol. The van der Waals surface area contributed by atoms with Crippen LogP contribution in [0.5, 0.6) is 0 Å². The average Bonchev–Trinajstić information content (AvgIpc) is 2.38. The summed E-state index contributed by atoms with van der Waals surface area (Å²) < 4.78 is 0. The Morgan fingerprint density at radius 1 is 1.44 bits per heavy atom. The molecule has 1 aromatic carbocycles. The molecule has 2 unspecified atom stereocenters. The molecule has 96 valence electrons. The molecule has 0 saturated carbocycles. The molecule has 0 heterocycles. The first-order valence-corrected chi connectivity index (χ1v) is 5.98. The summed E-state index contributed by atoms with van der Waals surface area (Å²) in [7, 11) is 1.68. The van der Waals surface area contributed by atoms with E-state index in [2.05, 4.69) is 6.07 Å². The molecule has 1 rings (SSSR count). The fourth-order valence-corrected chi connectivity index (χ4v) is 1.78. The number of carbonyl (C=O) groups excluding carboxylic acids is 1. The van der Waals surface area contributed by atoms with Gasteiger partial charge in [0, 0.05) is 13.6 Å². The van der Waals surface area contributed by atoms with Gasteiger partial charge >= 0.3 is 0 Å². The van der Waals surface area contributed by atoms with Crippen LogP contribution in [-0.4, -0.2) is 30.4 Å². The van der Waals surface area contributed by atoms with Gasteiger partial charge in [-0.15, -0.1) is 0 Å². The van der Waals surface area contributed by atoms with Crippen molar-refractivity contribution in [2.45, 2.75) is 19.4 Å². The molecule has 0 radical (unpaired) electrons. The Morgan fingerprint density at radius 2 is 2.06 bits per heavy atom. The Morgan fingerprint density at radius 3 is 2.61 bits per heavy atom. The monoisotopic (exact) mass is 245 g/mol. The van der Waals surface area contributed by atoms with E-state index in [1.165, 1.54) is 4.90 Å². The minimum atomic E-state index is -0.553. The van der Waals surface area contributed by atoms with Crippen LogP contribution in [0.25, 0.3) is 0 Å². The third-order valence-corrected chi connectivity index (χ3v) is 2.76. The quantitative estimate of drug-likeness (QED) is 0.846. The normalized spacial score (nSPS) is 13.4. The van der Waals surface area contributed by atoms with E-state index in [9.17, 15) is 4.79 Å². The highest BCUT2D eigenvalue weighted by molar-refractivity contribution is 5.81.